The highest BCUT2D eigenvalue weighted by molar-refractivity contribution is 6.42. The number of carbonyl (C=O) groups is 2. The maximum Gasteiger partial charge on any atom is 0.312 e. The summed E-state index contributed by atoms with van der Waals surface area (Å²) in [6.07, 6.45) is 0.0349. The van der Waals surface area contributed by atoms with Gasteiger partial charge in [-0.15, -0.1) is 0 Å². The van der Waals surface area contributed by atoms with E-state index in [9.17, 15) is 9.59 Å². The van der Waals surface area contributed by atoms with Crippen LogP contribution in [0.2, 0.25) is 10.0 Å². The summed E-state index contributed by atoms with van der Waals surface area (Å²) in [5, 5.41) is 6.02. The van der Waals surface area contributed by atoms with Gasteiger partial charge in [0.25, 0.3) is 0 Å². The Morgan fingerprint density at radius 1 is 1.04 bits per heavy atom. The molecule has 0 aliphatic rings. The maximum atomic E-state index is 12.2. The van der Waals surface area contributed by atoms with Crippen molar-refractivity contribution in [3.8, 4) is 0 Å². The molecule has 0 fully saturated rings. The standard InChI is InChI=1S/C16H15Cl2N3O2/c17-12-7-6-11(8-13(12)18)20-15(22)9-14(21-16(19)23)10-4-2-1-3-5-10/h1-8,14H,9H2,(H,20,22)(H3,19,21,23). The van der Waals surface area contributed by atoms with Crippen molar-refractivity contribution in [1.29, 1.82) is 0 Å². The van der Waals surface area contributed by atoms with Gasteiger partial charge in [0.15, 0.2) is 0 Å². The number of hydrogen-bond acceptors (Lipinski definition) is 2. The van der Waals surface area contributed by atoms with Crippen molar-refractivity contribution in [2.24, 2.45) is 5.73 Å². The molecule has 23 heavy (non-hydrogen) atoms. The SMILES string of the molecule is NC(=O)NC(CC(=O)Nc1ccc(Cl)c(Cl)c1)c1ccccc1. The van der Waals surface area contributed by atoms with Crippen LogP contribution in [-0.2, 0) is 4.79 Å². The molecule has 2 rings (SSSR count). The van der Waals surface area contributed by atoms with E-state index in [1.807, 2.05) is 30.3 Å². The van der Waals surface area contributed by atoms with E-state index in [2.05, 4.69) is 10.6 Å². The molecule has 120 valence electrons. The molecule has 0 spiro atoms. The van der Waals surface area contributed by atoms with E-state index in [1.54, 1.807) is 18.2 Å². The summed E-state index contributed by atoms with van der Waals surface area (Å²) in [6, 6.07) is 12.7. The highest BCUT2D eigenvalue weighted by Crippen LogP contribution is 2.25. The molecule has 0 saturated carbocycles. The quantitative estimate of drug-likeness (QED) is 0.766. The third kappa shape index (κ3) is 5.16. The lowest BCUT2D eigenvalue weighted by Gasteiger charge is -2.17. The van der Waals surface area contributed by atoms with Gasteiger partial charge in [0, 0.05) is 5.69 Å². The first-order valence-electron chi connectivity index (χ1n) is 6.81. The molecule has 0 aromatic heterocycles. The number of hydrogen-bond donors (Lipinski definition) is 3. The largest absolute Gasteiger partial charge is 0.352 e. The Hall–Kier alpha value is -2.24. The number of benzene rings is 2. The molecule has 2 aromatic rings. The second-order valence-corrected chi connectivity index (χ2v) is 5.67. The zero-order chi connectivity index (χ0) is 16.8. The van der Waals surface area contributed by atoms with E-state index >= 15 is 0 Å². The van der Waals surface area contributed by atoms with Crippen LogP contribution in [0.25, 0.3) is 0 Å². The smallest absolute Gasteiger partial charge is 0.312 e. The van der Waals surface area contributed by atoms with E-state index in [0.717, 1.165) is 5.56 Å². The van der Waals surface area contributed by atoms with Gasteiger partial charge < -0.3 is 16.4 Å². The first kappa shape index (κ1) is 17.1. The summed E-state index contributed by atoms with van der Waals surface area (Å²) < 4.78 is 0. The highest BCUT2D eigenvalue weighted by Gasteiger charge is 2.17. The lowest BCUT2D eigenvalue weighted by atomic mass is 10.0. The molecule has 4 N–H and O–H groups in total. The minimum absolute atomic E-state index is 0.0349. The van der Waals surface area contributed by atoms with Crippen LogP contribution in [0.1, 0.15) is 18.0 Å². The van der Waals surface area contributed by atoms with E-state index in [4.69, 9.17) is 28.9 Å². The van der Waals surface area contributed by atoms with Crippen LogP contribution in [0, 0.1) is 0 Å². The van der Waals surface area contributed by atoms with Crippen LogP contribution >= 0.6 is 23.2 Å². The van der Waals surface area contributed by atoms with Gasteiger partial charge in [-0.3, -0.25) is 4.79 Å². The van der Waals surface area contributed by atoms with Crippen molar-refractivity contribution in [2.75, 3.05) is 5.32 Å². The Labute approximate surface area is 143 Å². The predicted molar refractivity (Wildman–Crippen MR) is 91.6 cm³/mol. The Balaban J connectivity index is 2.08. The molecule has 0 heterocycles. The Kier molecular flexibility index (Phi) is 5.84. The van der Waals surface area contributed by atoms with Crippen molar-refractivity contribution >= 4 is 40.8 Å². The van der Waals surface area contributed by atoms with Gasteiger partial charge in [-0.1, -0.05) is 53.5 Å². The third-order valence-corrected chi connectivity index (χ3v) is 3.85. The second-order valence-electron chi connectivity index (χ2n) is 4.85. The number of anilines is 1. The Morgan fingerprint density at radius 2 is 1.74 bits per heavy atom. The highest BCUT2D eigenvalue weighted by atomic mass is 35.5. The van der Waals surface area contributed by atoms with E-state index in [-0.39, 0.29) is 12.3 Å². The number of primary amides is 1. The summed E-state index contributed by atoms with van der Waals surface area (Å²) in [5.41, 5.74) is 6.49. The number of carbonyl (C=O) groups excluding carboxylic acids is 2. The summed E-state index contributed by atoms with van der Waals surface area (Å²) in [7, 11) is 0. The number of nitrogens with two attached hydrogens (primary N) is 1. The molecule has 2 aromatic carbocycles. The summed E-state index contributed by atoms with van der Waals surface area (Å²) >= 11 is 11.7. The third-order valence-electron chi connectivity index (χ3n) is 3.11. The molecule has 0 bridgehead atoms. The van der Waals surface area contributed by atoms with Crippen molar-refractivity contribution in [3.63, 3.8) is 0 Å². The second kappa shape index (κ2) is 7.85. The molecule has 7 heteroatoms. The normalized spacial score (nSPS) is 11.6. The molecule has 1 atom stereocenters. The topological polar surface area (TPSA) is 84.2 Å². The van der Waals surface area contributed by atoms with Gasteiger partial charge in [-0.25, -0.2) is 4.79 Å². The van der Waals surface area contributed by atoms with Crippen molar-refractivity contribution in [1.82, 2.24) is 5.32 Å². The van der Waals surface area contributed by atoms with Crippen LogP contribution in [0.15, 0.2) is 48.5 Å². The lowest BCUT2D eigenvalue weighted by molar-refractivity contribution is -0.116. The fourth-order valence-corrected chi connectivity index (χ4v) is 2.38. The van der Waals surface area contributed by atoms with Gasteiger partial charge in [-0.05, 0) is 23.8 Å². The molecule has 5 nitrogen and oxygen atoms in total. The van der Waals surface area contributed by atoms with Crippen LogP contribution in [0.5, 0.6) is 0 Å². The van der Waals surface area contributed by atoms with Crippen LogP contribution < -0.4 is 16.4 Å². The monoisotopic (exact) mass is 351 g/mol. The fourth-order valence-electron chi connectivity index (χ4n) is 2.08. The summed E-state index contributed by atoms with van der Waals surface area (Å²) in [6.45, 7) is 0. The lowest BCUT2D eigenvalue weighted by Crippen LogP contribution is -2.35. The molecule has 3 amide bonds. The molecule has 0 aliphatic carbocycles. The maximum absolute atomic E-state index is 12.2. The van der Waals surface area contributed by atoms with Gasteiger partial charge >= 0.3 is 6.03 Å². The number of nitrogens with one attached hydrogen (secondary N) is 2. The fraction of sp³-hybridized carbons (Fsp3) is 0.125. The van der Waals surface area contributed by atoms with E-state index in [1.165, 1.54) is 0 Å². The number of urea groups is 1. The van der Waals surface area contributed by atoms with Crippen LogP contribution in [-0.4, -0.2) is 11.9 Å². The number of rotatable bonds is 5. The minimum Gasteiger partial charge on any atom is -0.352 e. The van der Waals surface area contributed by atoms with Crippen LogP contribution in [0.4, 0.5) is 10.5 Å². The van der Waals surface area contributed by atoms with Crippen molar-refractivity contribution in [3.05, 3.63) is 64.1 Å². The molecule has 0 aliphatic heterocycles. The van der Waals surface area contributed by atoms with Gasteiger partial charge in [0.1, 0.15) is 0 Å². The average molecular weight is 352 g/mol. The summed E-state index contributed by atoms with van der Waals surface area (Å²) in [4.78, 5) is 23.3. The van der Waals surface area contributed by atoms with Gasteiger partial charge in [0.2, 0.25) is 5.91 Å². The van der Waals surface area contributed by atoms with E-state index in [0.29, 0.717) is 15.7 Å². The average Bonchev–Trinajstić information content (AvgIpc) is 2.51. The first-order valence-corrected chi connectivity index (χ1v) is 7.57. The Morgan fingerprint density at radius 3 is 2.35 bits per heavy atom. The number of amides is 3. The van der Waals surface area contributed by atoms with E-state index < -0.39 is 12.1 Å². The summed E-state index contributed by atoms with van der Waals surface area (Å²) in [5.74, 6) is -0.286. The molecule has 1 unspecified atom stereocenters. The van der Waals surface area contributed by atoms with Crippen LogP contribution in [0.3, 0.4) is 0 Å². The predicted octanol–water partition coefficient (Wildman–Crippen LogP) is 3.73. The van der Waals surface area contributed by atoms with Crippen molar-refractivity contribution < 1.29 is 9.59 Å². The molecular formula is C16H15Cl2N3O2. The Bertz CT molecular complexity index is 708. The molecule has 0 radical (unpaired) electrons. The zero-order valence-electron chi connectivity index (χ0n) is 12.1. The van der Waals surface area contributed by atoms with Gasteiger partial charge in [0.05, 0.1) is 22.5 Å². The first-order chi connectivity index (χ1) is 11.0. The zero-order valence-corrected chi connectivity index (χ0v) is 13.6. The van der Waals surface area contributed by atoms with Gasteiger partial charge in [-0.2, -0.15) is 0 Å². The van der Waals surface area contributed by atoms with Crippen molar-refractivity contribution in [2.45, 2.75) is 12.5 Å². The number of halogens is 2. The molecular weight excluding hydrogens is 337 g/mol. The molecule has 0 saturated heterocycles. The minimum atomic E-state index is -0.693.